The van der Waals surface area contributed by atoms with E-state index in [2.05, 4.69) is 24.5 Å². The summed E-state index contributed by atoms with van der Waals surface area (Å²) in [6, 6.07) is 8.35. The summed E-state index contributed by atoms with van der Waals surface area (Å²) in [6.07, 6.45) is 3.25. The summed E-state index contributed by atoms with van der Waals surface area (Å²) in [6.45, 7) is 10.2. The zero-order valence-corrected chi connectivity index (χ0v) is 15.0. The quantitative estimate of drug-likeness (QED) is 0.798. The maximum atomic E-state index is 11.9. The maximum absolute atomic E-state index is 11.9. The fourth-order valence-electron chi connectivity index (χ4n) is 3.02. The van der Waals surface area contributed by atoms with Crippen LogP contribution in [-0.2, 0) is 4.74 Å². The van der Waals surface area contributed by atoms with Crippen molar-refractivity contribution in [1.82, 2.24) is 0 Å². The Kier molecular flexibility index (Phi) is 5.55. The standard InChI is InChI=1S/C19H30N2O2/c1-13-9-10-17(11-14(13)2)20-15-7-6-8-16(12-15)21-18(22)23-19(3,4)5/h6-8,12-14,17,20H,9-11H2,1-5H3,(H,21,22). The van der Waals surface area contributed by atoms with E-state index < -0.39 is 11.7 Å². The van der Waals surface area contributed by atoms with Crippen molar-refractivity contribution in [2.24, 2.45) is 11.8 Å². The van der Waals surface area contributed by atoms with Gasteiger partial charge in [-0.25, -0.2) is 4.79 Å². The zero-order valence-electron chi connectivity index (χ0n) is 15.0. The van der Waals surface area contributed by atoms with Gasteiger partial charge in [0.05, 0.1) is 0 Å². The topological polar surface area (TPSA) is 50.4 Å². The van der Waals surface area contributed by atoms with Crippen molar-refractivity contribution < 1.29 is 9.53 Å². The Morgan fingerprint density at radius 1 is 1.13 bits per heavy atom. The molecule has 0 heterocycles. The van der Waals surface area contributed by atoms with Gasteiger partial charge in [0.2, 0.25) is 0 Å². The Morgan fingerprint density at radius 3 is 2.48 bits per heavy atom. The molecule has 4 nitrogen and oxygen atoms in total. The fraction of sp³-hybridized carbons (Fsp3) is 0.632. The lowest BCUT2D eigenvalue weighted by Gasteiger charge is -2.33. The van der Waals surface area contributed by atoms with Gasteiger partial charge in [-0.3, -0.25) is 5.32 Å². The van der Waals surface area contributed by atoms with Crippen molar-refractivity contribution in [3.8, 4) is 0 Å². The molecule has 2 N–H and O–H groups in total. The van der Waals surface area contributed by atoms with Crippen molar-refractivity contribution in [2.75, 3.05) is 10.6 Å². The molecule has 2 rings (SSSR count). The van der Waals surface area contributed by atoms with Crippen LogP contribution in [0.4, 0.5) is 16.2 Å². The molecule has 1 fully saturated rings. The number of carbonyl (C=O) groups excluding carboxylic acids is 1. The first-order chi connectivity index (χ1) is 10.7. The number of carbonyl (C=O) groups is 1. The normalized spacial score (nSPS) is 24.8. The van der Waals surface area contributed by atoms with Gasteiger partial charge in [0.1, 0.15) is 5.60 Å². The molecule has 0 saturated heterocycles. The molecule has 3 unspecified atom stereocenters. The summed E-state index contributed by atoms with van der Waals surface area (Å²) in [5.41, 5.74) is 1.31. The van der Waals surface area contributed by atoms with Gasteiger partial charge in [-0.2, -0.15) is 0 Å². The maximum Gasteiger partial charge on any atom is 0.412 e. The third kappa shape index (κ3) is 5.77. The van der Waals surface area contributed by atoms with Gasteiger partial charge >= 0.3 is 6.09 Å². The van der Waals surface area contributed by atoms with E-state index in [4.69, 9.17) is 4.74 Å². The lowest BCUT2D eigenvalue weighted by Crippen LogP contribution is -2.30. The second kappa shape index (κ2) is 7.24. The average Bonchev–Trinajstić information content (AvgIpc) is 2.41. The first kappa shape index (κ1) is 17.6. The Morgan fingerprint density at radius 2 is 1.83 bits per heavy atom. The van der Waals surface area contributed by atoms with Crippen LogP contribution in [0.3, 0.4) is 0 Å². The summed E-state index contributed by atoms with van der Waals surface area (Å²) >= 11 is 0. The minimum Gasteiger partial charge on any atom is -0.444 e. The molecule has 23 heavy (non-hydrogen) atoms. The van der Waals surface area contributed by atoms with Crippen LogP contribution < -0.4 is 10.6 Å². The minimum absolute atomic E-state index is 0.422. The summed E-state index contributed by atoms with van der Waals surface area (Å²) in [7, 11) is 0. The Labute approximate surface area is 140 Å². The molecule has 1 aliphatic carbocycles. The van der Waals surface area contributed by atoms with Gasteiger partial charge in [0.25, 0.3) is 0 Å². The molecule has 1 saturated carbocycles. The number of ether oxygens (including phenoxy) is 1. The molecule has 0 bridgehead atoms. The van der Waals surface area contributed by atoms with E-state index in [1.807, 2.05) is 45.0 Å². The van der Waals surface area contributed by atoms with Crippen molar-refractivity contribution in [3.63, 3.8) is 0 Å². The van der Waals surface area contributed by atoms with Gasteiger partial charge in [-0.05, 0) is 70.1 Å². The molecule has 1 aliphatic rings. The van der Waals surface area contributed by atoms with E-state index >= 15 is 0 Å². The Bertz CT molecular complexity index is 536. The Balaban J connectivity index is 1.93. The first-order valence-electron chi connectivity index (χ1n) is 8.59. The third-order valence-corrected chi connectivity index (χ3v) is 4.48. The summed E-state index contributed by atoms with van der Waals surface area (Å²) in [5.74, 6) is 1.57. The van der Waals surface area contributed by atoms with Gasteiger partial charge in [0, 0.05) is 17.4 Å². The SMILES string of the molecule is CC1CCC(Nc2cccc(NC(=O)OC(C)(C)C)c2)CC1C. The van der Waals surface area contributed by atoms with Crippen molar-refractivity contribution in [1.29, 1.82) is 0 Å². The third-order valence-electron chi connectivity index (χ3n) is 4.48. The molecule has 128 valence electrons. The second-order valence-electron chi connectivity index (χ2n) is 7.82. The fourth-order valence-corrected chi connectivity index (χ4v) is 3.02. The van der Waals surface area contributed by atoms with Crippen LogP contribution in [0.15, 0.2) is 24.3 Å². The summed E-state index contributed by atoms with van der Waals surface area (Å²) in [5, 5.41) is 6.39. The van der Waals surface area contributed by atoms with E-state index in [0.717, 1.165) is 23.2 Å². The lowest BCUT2D eigenvalue weighted by atomic mass is 9.79. The minimum atomic E-state index is -0.491. The largest absolute Gasteiger partial charge is 0.444 e. The molecular weight excluding hydrogens is 288 g/mol. The van der Waals surface area contributed by atoms with Crippen molar-refractivity contribution >= 4 is 17.5 Å². The van der Waals surface area contributed by atoms with E-state index in [0.29, 0.717) is 6.04 Å². The number of hydrogen-bond acceptors (Lipinski definition) is 3. The Hall–Kier alpha value is -1.71. The molecule has 1 aromatic carbocycles. The van der Waals surface area contributed by atoms with E-state index in [9.17, 15) is 4.79 Å². The monoisotopic (exact) mass is 318 g/mol. The van der Waals surface area contributed by atoms with Gasteiger partial charge in [-0.1, -0.05) is 19.9 Å². The molecule has 1 aromatic rings. The number of benzene rings is 1. The van der Waals surface area contributed by atoms with Gasteiger partial charge < -0.3 is 10.1 Å². The molecule has 0 aromatic heterocycles. The summed E-state index contributed by atoms with van der Waals surface area (Å²) in [4.78, 5) is 11.9. The van der Waals surface area contributed by atoms with Gasteiger partial charge in [-0.15, -0.1) is 0 Å². The number of rotatable bonds is 3. The molecule has 1 amide bonds. The highest BCUT2D eigenvalue weighted by molar-refractivity contribution is 5.85. The van der Waals surface area contributed by atoms with E-state index in [1.165, 1.54) is 19.3 Å². The van der Waals surface area contributed by atoms with Crippen molar-refractivity contribution in [2.45, 2.75) is 65.5 Å². The zero-order chi connectivity index (χ0) is 17.0. The van der Waals surface area contributed by atoms with Crippen LogP contribution in [0.1, 0.15) is 53.9 Å². The molecular formula is C19H30N2O2. The highest BCUT2D eigenvalue weighted by Gasteiger charge is 2.24. The lowest BCUT2D eigenvalue weighted by molar-refractivity contribution is 0.0636. The number of hydrogen-bond donors (Lipinski definition) is 2. The van der Waals surface area contributed by atoms with Crippen molar-refractivity contribution in [3.05, 3.63) is 24.3 Å². The number of amides is 1. The second-order valence-corrected chi connectivity index (χ2v) is 7.82. The van der Waals surface area contributed by atoms with E-state index in [-0.39, 0.29) is 0 Å². The summed E-state index contributed by atoms with van der Waals surface area (Å²) < 4.78 is 5.29. The van der Waals surface area contributed by atoms with Crippen LogP contribution in [0.5, 0.6) is 0 Å². The predicted molar refractivity (Wildman–Crippen MR) is 95.9 cm³/mol. The molecule has 0 spiro atoms. The molecule has 0 radical (unpaired) electrons. The molecule has 4 heteroatoms. The number of nitrogens with one attached hydrogen (secondary N) is 2. The number of anilines is 2. The van der Waals surface area contributed by atoms with Crippen LogP contribution >= 0.6 is 0 Å². The first-order valence-corrected chi connectivity index (χ1v) is 8.59. The highest BCUT2D eigenvalue weighted by Crippen LogP contribution is 2.31. The molecule has 0 aliphatic heterocycles. The highest BCUT2D eigenvalue weighted by atomic mass is 16.6. The van der Waals surface area contributed by atoms with Crippen LogP contribution in [-0.4, -0.2) is 17.7 Å². The van der Waals surface area contributed by atoms with Gasteiger partial charge in [0.15, 0.2) is 0 Å². The van der Waals surface area contributed by atoms with E-state index in [1.54, 1.807) is 0 Å². The smallest absolute Gasteiger partial charge is 0.412 e. The average molecular weight is 318 g/mol. The van der Waals surface area contributed by atoms with Crippen LogP contribution in [0, 0.1) is 11.8 Å². The predicted octanol–water partition coefficient (Wildman–Crippen LogP) is 5.27. The van der Waals surface area contributed by atoms with Crippen LogP contribution in [0.25, 0.3) is 0 Å². The van der Waals surface area contributed by atoms with Crippen LogP contribution in [0.2, 0.25) is 0 Å². The molecule has 3 atom stereocenters.